The van der Waals surface area contributed by atoms with Crippen molar-refractivity contribution in [3.8, 4) is 0 Å². The van der Waals surface area contributed by atoms with Gasteiger partial charge in [0.2, 0.25) is 5.91 Å². The predicted octanol–water partition coefficient (Wildman–Crippen LogP) is 3.43. The molecule has 23 heavy (non-hydrogen) atoms. The highest BCUT2D eigenvalue weighted by Gasteiger charge is 2.16. The molecule has 3 amide bonds. The third-order valence-electron chi connectivity index (χ3n) is 4.08. The van der Waals surface area contributed by atoms with E-state index >= 15 is 0 Å². The number of amides is 3. The molecule has 1 aromatic carbocycles. The molecule has 0 aliphatic heterocycles. The maximum atomic E-state index is 11.9. The van der Waals surface area contributed by atoms with Crippen LogP contribution in [0.3, 0.4) is 0 Å². The van der Waals surface area contributed by atoms with Crippen molar-refractivity contribution in [2.45, 2.75) is 45.1 Å². The summed E-state index contributed by atoms with van der Waals surface area (Å²) >= 11 is 3.38. The molecule has 0 spiro atoms. The molecule has 0 saturated heterocycles. The first-order chi connectivity index (χ1) is 11.1. The van der Waals surface area contributed by atoms with Crippen LogP contribution in [0.4, 0.5) is 10.5 Å². The number of nitrogens with zero attached hydrogens (tertiary/aromatic N) is 1. The zero-order chi connectivity index (χ0) is 16.7. The van der Waals surface area contributed by atoms with Gasteiger partial charge in [0, 0.05) is 36.2 Å². The Morgan fingerprint density at radius 3 is 2.43 bits per heavy atom. The molecule has 0 atom stereocenters. The van der Waals surface area contributed by atoms with Gasteiger partial charge in [0.25, 0.3) is 0 Å². The van der Waals surface area contributed by atoms with E-state index in [0.717, 1.165) is 23.0 Å². The Balaban J connectivity index is 1.78. The molecule has 1 aliphatic rings. The normalized spacial score (nSPS) is 15.0. The fraction of sp³-hybridized carbons (Fsp3) is 0.529. The number of halogens is 1. The summed E-state index contributed by atoms with van der Waals surface area (Å²) in [6.45, 7) is 2.41. The van der Waals surface area contributed by atoms with Crippen LogP contribution in [0.25, 0.3) is 0 Å². The van der Waals surface area contributed by atoms with Gasteiger partial charge >= 0.3 is 6.03 Å². The van der Waals surface area contributed by atoms with Gasteiger partial charge in [-0.2, -0.15) is 0 Å². The molecule has 0 unspecified atom stereocenters. The molecular formula is C17H24BrN3O2. The summed E-state index contributed by atoms with van der Waals surface area (Å²) in [6, 6.07) is 7.71. The van der Waals surface area contributed by atoms with Crippen LogP contribution in [0.5, 0.6) is 0 Å². The maximum absolute atomic E-state index is 11.9. The van der Waals surface area contributed by atoms with Crippen LogP contribution >= 0.6 is 15.9 Å². The Morgan fingerprint density at radius 2 is 1.83 bits per heavy atom. The van der Waals surface area contributed by atoms with Crippen LogP contribution in [-0.4, -0.2) is 31.1 Å². The Bertz CT molecular complexity index is 527. The Morgan fingerprint density at radius 1 is 1.17 bits per heavy atom. The van der Waals surface area contributed by atoms with E-state index in [4.69, 9.17) is 0 Å². The molecule has 2 N–H and O–H groups in total. The minimum Gasteiger partial charge on any atom is -0.336 e. The van der Waals surface area contributed by atoms with E-state index in [1.165, 1.54) is 26.2 Å². The number of hydrogen-bond acceptors (Lipinski definition) is 2. The van der Waals surface area contributed by atoms with Crippen LogP contribution in [0.2, 0.25) is 0 Å². The van der Waals surface area contributed by atoms with Crippen molar-refractivity contribution in [3.05, 3.63) is 28.7 Å². The molecule has 126 valence electrons. The zero-order valence-corrected chi connectivity index (χ0v) is 15.1. The molecular weight excluding hydrogens is 358 g/mol. The Labute approximate surface area is 145 Å². The number of nitrogens with one attached hydrogen (secondary N) is 2. The van der Waals surface area contributed by atoms with E-state index in [9.17, 15) is 9.59 Å². The summed E-state index contributed by atoms with van der Waals surface area (Å²) in [7, 11) is 0. The lowest BCUT2D eigenvalue weighted by Crippen LogP contribution is -2.45. The highest BCUT2D eigenvalue weighted by Crippen LogP contribution is 2.18. The smallest absolute Gasteiger partial charge is 0.315 e. The van der Waals surface area contributed by atoms with Gasteiger partial charge in [-0.05, 0) is 37.1 Å². The number of hydrogen-bond donors (Lipinski definition) is 2. The number of anilines is 1. The summed E-state index contributed by atoms with van der Waals surface area (Å²) < 4.78 is 0.967. The Kier molecular flexibility index (Phi) is 6.89. The van der Waals surface area contributed by atoms with Crippen molar-refractivity contribution in [2.75, 3.05) is 18.0 Å². The number of urea groups is 1. The molecule has 0 heterocycles. The first kappa shape index (κ1) is 17.8. The summed E-state index contributed by atoms with van der Waals surface area (Å²) in [4.78, 5) is 25.4. The lowest BCUT2D eigenvalue weighted by atomic mass is 9.96. The fourth-order valence-corrected chi connectivity index (χ4v) is 3.12. The maximum Gasteiger partial charge on any atom is 0.315 e. The quantitative estimate of drug-likeness (QED) is 0.820. The summed E-state index contributed by atoms with van der Waals surface area (Å²) in [6.07, 6.45) is 5.76. The van der Waals surface area contributed by atoms with Crippen molar-refractivity contribution in [1.82, 2.24) is 10.6 Å². The van der Waals surface area contributed by atoms with Gasteiger partial charge in [-0.1, -0.05) is 35.2 Å². The minimum absolute atomic E-state index is 0.0400. The zero-order valence-electron chi connectivity index (χ0n) is 13.5. The van der Waals surface area contributed by atoms with E-state index in [-0.39, 0.29) is 11.9 Å². The molecule has 1 aromatic rings. The lowest BCUT2D eigenvalue weighted by molar-refractivity contribution is -0.116. The van der Waals surface area contributed by atoms with E-state index in [2.05, 4.69) is 26.6 Å². The second-order valence-corrected chi connectivity index (χ2v) is 6.80. The lowest BCUT2D eigenvalue weighted by Gasteiger charge is -2.24. The van der Waals surface area contributed by atoms with Gasteiger partial charge in [0.05, 0.1) is 0 Å². The Hall–Kier alpha value is -1.56. The van der Waals surface area contributed by atoms with Crippen LogP contribution in [0.1, 0.15) is 39.0 Å². The fourth-order valence-electron chi connectivity index (χ4n) is 2.85. The number of carbonyl (C=O) groups excluding carboxylic acids is 2. The van der Waals surface area contributed by atoms with Crippen LogP contribution < -0.4 is 15.5 Å². The number of benzene rings is 1. The molecule has 1 fully saturated rings. The van der Waals surface area contributed by atoms with E-state index in [1.807, 2.05) is 24.3 Å². The highest BCUT2D eigenvalue weighted by molar-refractivity contribution is 9.10. The van der Waals surface area contributed by atoms with E-state index in [1.54, 1.807) is 4.90 Å². The number of rotatable bonds is 5. The van der Waals surface area contributed by atoms with Crippen molar-refractivity contribution in [2.24, 2.45) is 0 Å². The monoisotopic (exact) mass is 381 g/mol. The average molecular weight is 382 g/mol. The van der Waals surface area contributed by atoms with E-state index in [0.29, 0.717) is 19.1 Å². The van der Waals surface area contributed by atoms with Gasteiger partial charge in [-0.25, -0.2) is 4.79 Å². The second kappa shape index (κ2) is 8.91. The van der Waals surface area contributed by atoms with Crippen LogP contribution in [-0.2, 0) is 4.79 Å². The summed E-state index contributed by atoms with van der Waals surface area (Å²) in [5.41, 5.74) is 0.829. The van der Waals surface area contributed by atoms with Gasteiger partial charge in [0.1, 0.15) is 0 Å². The summed E-state index contributed by atoms with van der Waals surface area (Å²) in [5.74, 6) is -0.0400. The molecule has 0 bridgehead atoms. The second-order valence-electron chi connectivity index (χ2n) is 5.88. The SMILES string of the molecule is CC(=O)N(CCNC(=O)NC1CCCCC1)c1ccc(Br)cc1. The third kappa shape index (κ3) is 5.86. The molecule has 0 radical (unpaired) electrons. The van der Waals surface area contributed by atoms with Gasteiger partial charge in [-0.15, -0.1) is 0 Å². The van der Waals surface area contributed by atoms with Crippen LogP contribution in [0.15, 0.2) is 28.7 Å². The minimum atomic E-state index is -0.142. The van der Waals surface area contributed by atoms with Gasteiger partial charge < -0.3 is 15.5 Å². The van der Waals surface area contributed by atoms with Crippen LogP contribution in [0, 0.1) is 0 Å². The molecule has 6 heteroatoms. The van der Waals surface area contributed by atoms with E-state index < -0.39 is 0 Å². The first-order valence-corrected chi connectivity index (χ1v) is 8.93. The number of carbonyl (C=O) groups is 2. The highest BCUT2D eigenvalue weighted by atomic mass is 79.9. The van der Waals surface area contributed by atoms with Gasteiger partial charge in [-0.3, -0.25) is 4.79 Å². The van der Waals surface area contributed by atoms with Crippen molar-refractivity contribution in [3.63, 3.8) is 0 Å². The average Bonchev–Trinajstić information content (AvgIpc) is 2.53. The molecule has 2 rings (SSSR count). The predicted molar refractivity (Wildman–Crippen MR) is 95.6 cm³/mol. The van der Waals surface area contributed by atoms with Crippen molar-refractivity contribution >= 4 is 33.6 Å². The van der Waals surface area contributed by atoms with Crippen molar-refractivity contribution < 1.29 is 9.59 Å². The molecule has 0 aromatic heterocycles. The molecule has 1 saturated carbocycles. The molecule has 1 aliphatic carbocycles. The summed E-state index contributed by atoms with van der Waals surface area (Å²) in [5, 5.41) is 5.85. The van der Waals surface area contributed by atoms with Gasteiger partial charge in [0.15, 0.2) is 0 Å². The third-order valence-corrected chi connectivity index (χ3v) is 4.61. The largest absolute Gasteiger partial charge is 0.336 e. The molecule has 5 nitrogen and oxygen atoms in total. The first-order valence-electron chi connectivity index (χ1n) is 8.14. The topological polar surface area (TPSA) is 61.4 Å². The standard InChI is InChI=1S/C17H24BrN3O2/c1-13(22)21(16-9-7-14(18)8-10-16)12-11-19-17(23)20-15-5-3-2-4-6-15/h7-10,15H,2-6,11-12H2,1H3,(H2,19,20,23). The van der Waals surface area contributed by atoms with Crippen molar-refractivity contribution in [1.29, 1.82) is 0 Å².